The average molecular weight is 284 g/mol. The molecule has 1 unspecified atom stereocenters. The molecule has 102 valence electrons. The second-order valence-corrected chi connectivity index (χ2v) is 5.86. The molecule has 20 heavy (non-hydrogen) atoms. The quantitative estimate of drug-likeness (QED) is 0.801. The summed E-state index contributed by atoms with van der Waals surface area (Å²) in [5.41, 5.74) is 9.49. The molecule has 2 aromatic heterocycles. The van der Waals surface area contributed by atoms with Crippen molar-refractivity contribution in [3.63, 3.8) is 0 Å². The molecule has 0 aliphatic heterocycles. The number of pyridine rings is 1. The minimum Gasteiger partial charge on any atom is -0.319 e. The number of aromatic nitrogens is 3. The van der Waals surface area contributed by atoms with Crippen molar-refractivity contribution in [3.05, 3.63) is 52.7 Å². The van der Waals surface area contributed by atoms with E-state index in [-0.39, 0.29) is 6.04 Å². The maximum Gasteiger partial charge on any atom is 0.0832 e. The van der Waals surface area contributed by atoms with E-state index in [0.29, 0.717) is 5.92 Å². The lowest BCUT2D eigenvalue weighted by molar-refractivity contribution is 0.772. The monoisotopic (exact) mass is 284 g/mol. The van der Waals surface area contributed by atoms with Gasteiger partial charge in [-0.15, -0.1) is 5.10 Å². The van der Waals surface area contributed by atoms with Crippen LogP contribution >= 0.6 is 11.5 Å². The highest BCUT2D eigenvalue weighted by atomic mass is 32.1. The number of nitrogens with two attached hydrogens (primary N) is 1. The number of fused-ring (bicyclic) bond motifs is 1. The summed E-state index contributed by atoms with van der Waals surface area (Å²) in [5, 5.41) is 5.30. The maximum atomic E-state index is 6.47. The summed E-state index contributed by atoms with van der Waals surface area (Å²) in [6.45, 7) is 4.22. The standard InChI is InChI=1S/C15H16N4S/c1-9(2)14-15(20-19-18-14)13(16)11-5-3-7-12-10(11)6-4-8-17-12/h3-9,13H,16H2,1-2H3. The van der Waals surface area contributed by atoms with E-state index in [1.54, 1.807) is 6.20 Å². The van der Waals surface area contributed by atoms with Gasteiger partial charge in [0.05, 0.1) is 22.1 Å². The third-order valence-corrected chi connectivity index (χ3v) is 4.21. The number of rotatable bonds is 3. The lowest BCUT2D eigenvalue weighted by Gasteiger charge is -2.14. The van der Waals surface area contributed by atoms with Crippen molar-refractivity contribution in [2.24, 2.45) is 5.73 Å². The predicted octanol–water partition coefficient (Wildman–Crippen LogP) is 3.26. The molecule has 0 bridgehead atoms. The Morgan fingerprint density at radius 2 is 2.00 bits per heavy atom. The Kier molecular flexibility index (Phi) is 3.46. The Bertz CT molecular complexity index is 730. The molecule has 1 aromatic carbocycles. The third-order valence-electron chi connectivity index (χ3n) is 3.38. The van der Waals surface area contributed by atoms with E-state index in [1.807, 2.05) is 18.2 Å². The molecular formula is C15H16N4S. The lowest BCUT2D eigenvalue weighted by Crippen LogP contribution is -2.13. The van der Waals surface area contributed by atoms with E-state index in [2.05, 4.69) is 40.6 Å². The van der Waals surface area contributed by atoms with Gasteiger partial charge in [0, 0.05) is 11.6 Å². The molecule has 0 fully saturated rings. The van der Waals surface area contributed by atoms with Crippen LogP contribution in [-0.4, -0.2) is 14.6 Å². The van der Waals surface area contributed by atoms with Crippen LogP contribution in [0.2, 0.25) is 0 Å². The molecule has 0 amide bonds. The highest BCUT2D eigenvalue weighted by molar-refractivity contribution is 7.05. The molecule has 4 nitrogen and oxygen atoms in total. The van der Waals surface area contributed by atoms with Gasteiger partial charge in [0.1, 0.15) is 0 Å². The van der Waals surface area contributed by atoms with Crippen LogP contribution in [0.5, 0.6) is 0 Å². The summed E-state index contributed by atoms with van der Waals surface area (Å²) in [7, 11) is 0. The first-order valence-corrected chi connectivity index (χ1v) is 7.37. The summed E-state index contributed by atoms with van der Waals surface area (Å²) < 4.78 is 4.07. The van der Waals surface area contributed by atoms with Gasteiger partial charge in [-0.25, -0.2) is 0 Å². The highest BCUT2D eigenvalue weighted by Crippen LogP contribution is 2.32. The van der Waals surface area contributed by atoms with Gasteiger partial charge in [0.15, 0.2) is 0 Å². The molecule has 5 heteroatoms. The van der Waals surface area contributed by atoms with Gasteiger partial charge in [-0.05, 0) is 35.1 Å². The summed E-state index contributed by atoms with van der Waals surface area (Å²) in [5.74, 6) is 0.322. The van der Waals surface area contributed by atoms with Crippen molar-refractivity contribution in [2.45, 2.75) is 25.8 Å². The second-order valence-electron chi connectivity index (χ2n) is 5.07. The fraction of sp³-hybridized carbons (Fsp3) is 0.267. The van der Waals surface area contributed by atoms with Crippen molar-refractivity contribution in [1.29, 1.82) is 0 Å². The number of hydrogen-bond donors (Lipinski definition) is 1. The first-order chi connectivity index (χ1) is 9.68. The van der Waals surface area contributed by atoms with E-state index in [1.165, 1.54) is 11.5 Å². The van der Waals surface area contributed by atoms with E-state index < -0.39 is 0 Å². The molecule has 0 saturated heterocycles. The molecule has 3 aromatic rings. The van der Waals surface area contributed by atoms with Gasteiger partial charge in [-0.1, -0.05) is 36.5 Å². The van der Waals surface area contributed by atoms with E-state index >= 15 is 0 Å². The van der Waals surface area contributed by atoms with Gasteiger partial charge in [-0.2, -0.15) is 0 Å². The number of hydrogen-bond acceptors (Lipinski definition) is 5. The van der Waals surface area contributed by atoms with Crippen molar-refractivity contribution < 1.29 is 0 Å². The van der Waals surface area contributed by atoms with E-state index in [4.69, 9.17) is 5.73 Å². The van der Waals surface area contributed by atoms with Gasteiger partial charge < -0.3 is 5.73 Å². The van der Waals surface area contributed by atoms with Gasteiger partial charge in [-0.3, -0.25) is 4.98 Å². The molecule has 0 radical (unpaired) electrons. The van der Waals surface area contributed by atoms with Crippen molar-refractivity contribution >= 4 is 22.4 Å². The van der Waals surface area contributed by atoms with Crippen LogP contribution in [0.1, 0.15) is 41.9 Å². The van der Waals surface area contributed by atoms with Gasteiger partial charge in [0.25, 0.3) is 0 Å². The zero-order valence-corrected chi connectivity index (χ0v) is 12.3. The number of nitrogens with zero attached hydrogens (tertiary/aromatic N) is 3. The molecule has 0 aliphatic rings. The summed E-state index contributed by atoms with van der Waals surface area (Å²) in [6.07, 6.45) is 1.80. The Labute approximate surface area is 121 Å². The zero-order chi connectivity index (χ0) is 14.1. The fourth-order valence-corrected chi connectivity index (χ4v) is 3.19. The molecule has 1 atom stereocenters. The van der Waals surface area contributed by atoms with Gasteiger partial charge in [0.2, 0.25) is 0 Å². The number of benzene rings is 1. The Morgan fingerprint density at radius 3 is 2.80 bits per heavy atom. The van der Waals surface area contributed by atoms with E-state index in [9.17, 15) is 0 Å². The Morgan fingerprint density at radius 1 is 1.15 bits per heavy atom. The minimum absolute atomic E-state index is 0.208. The SMILES string of the molecule is CC(C)c1nnsc1C(N)c1cccc2ncccc12. The summed E-state index contributed by atoms with van der Waals surface area (Å²) in [4.78, 5) is 5.42. The van der Waals surface area contributed by atoms with Crippen LogP contribution in [0.4, 0.5) is 0 Å². The summed E-state index contributed by atoms with van der Waals surface area (Å²) in [6, 6.07) is 9.83. The van der Waals surface area contributed by atoms with Gasteiger partial charge >= 0.3 is 0 Å². The topological polar surface area (TPSA) is 64.7 Å². The average Bonchev–Trinajstić information content (AvgIpc) is 2.95. The largest absolute Gasteiger partial charge is 0.319 e. The second kappa shape index (κ2) is 5.26. The predicted molar refractivity (Wildman–Crippen MR) is 81.8 cm³/mol. The molecule has 0 saturated carbocycles. The Hall–Kier alpha value is -1.85. The third kappa shape index (κ3) is 2.19. The first kappa shape index (κ1) is 13.1. The molecule has 0 spiro atoms. The Balaban J connectivity index is 2.13. The van der Waals surface area contributed by atoms with Crippen LogP contribution < -0.4 is 5.73 Å². The van der Waals surface area contributed by atoms with Crippen LogP contribution in [0.3, 0.4) is 0 Å². The van der Waals surface area contributed by atoms with Crippen molar-refractivity contribution in [1.82, 2.24) is 14.6 Å². The van der Waals surface area contributed by atoms with E-state index in [0.717, 1.165) is 27.0 Å². The molecule has 3 rings (SSSR count). The lowest BCUT2D eigenvalue weighted by atomic mass is 9.97. The summed E-state index contributed by atoms with van der Waals surface area (Å²) >= 11 is 1.38. The molecule has 2 heterocycles. The smallest absolute Gasteiger partial charge is 0.0832 e. The minimum atomic E-state index is -0.208. The normalized spacial score (nSPS) is 13.0. The maximum absolute atomic E-state index is 6.47. The van der Waals surface area contributed by atoms with Crippen molar-refractivity contribution in [3.8, 4) is 0 Å². The molecule has 2 N–H and O–H groups in total. The zero-order valence-electron chi connectivity index (χ0n) is 11.4. The van der Waals surface area contributed by atoms with Crippen LogP contribution in [0, 0.1) is 0 Å². The highest BCUT2D eigenvalue weighted by Gasteiger charge is 2.20. The van der Waals surface area contributed by atoms with Crippen LogP contribution in [0.15, 0.2) is 36.5 Å². The first-order valence-electron chi connectivity index (χ1n) is 6.60. The van der Waals surface area contributed by atoms with Crippen LogP contribution in [-0.2, 0) is 0 Å². The van der Waals surface area contributed by atoms with Crippen LogP contribution in [0.25, 0.3) is 10.9 Å². The molecule has 0 aliphatic carbocycles. The van der Waals surface area contributed by atoms with Crippen molar-refractivity contribution in [2.75, 3.05) is 0 Å². The molecular weight excluding hydrogens is 268 g/mol. The fourth-order valence-electron chi connectivity index (χ4n) is 2.36.